The highest BCUT2D eigenvalue weighted by molar-refractivity contribution is 4.98. The number of aromatic nitrogens is 4. The van der Waals surface area contributed by atoms with Crippen molar-refractivity contribution in [3.63, 3.8) is 0 Å². The maximum absolute atomic E-state index is 5.51. The summed E-state index contributed by atoms with van der Waals surface area (Å²) in [6.45, 7) is 4.72. The van der Waals surface area contributed by atoms with Gasteiger partial charge < -0.3 is 9.15 Å². The van der Waals surface area contributed by atoms with Crippen molar-refractivity contribution in [2.24, 2.45) is 0 Å². The number of morpholine rings is 1. The Hall–Kier alpha value is -1.73. The number of aryl methyl sites for hydroxylation is 1. The van der Waals surface area contributed by atoms with Gasteiger partial charge in [-0.3, -0.25) is 10.00 Å². The predicted octanol–water partition coefficient (Wildman–Crippen LogP) is 0.675. The predicted molar refractivity (Wildman–Crippen MR) is 61.6 cm³/mol. The minimum atomic E-state index is 0.0895. The van der Waals surface area contributed by atoms with Crippen molar-refractivity contribution in [3.8, 4) is 0 Å². The maximum atomic E-state index is 5.51. The van der Waals surface area contributed by atoms with E-state index in [1.165, 1.54) is 6.33 Å². The van der Waals surface area contributed by atoms with Crippen molar-refractivity contribution in [1.82, 2.24) is 25.1 Å². The first-order valence-electron chi connectivity index (χ1n) is 5.91. The maximum Gasteiger partial charge on any atom is 0.191 e. The topological polar surface area (TPSA) is 80.1 Å². The third-order valence-electron chi connectivity index (χ3n) is 3.02. The molecule has 0 amide bonds. The number of H-pyrrole nitrogens is 1. The largest absolute Gasteiger partial charge is 0.445 e. The van der Waals surface area contributed by atoms with Crippen LogP contribution in [0.2, 0.25) is 0 Å². The van der Waals surface area contributed by atoms with Gasteiger partial charge in [0, 0.05) is 13.5 Å². The number of nitrogens with zero attached hydrogens (tertiary/aromatic N) is 4. The first kappa shape index (κ1) is 11.4. The van der Waals surface area contributed by atoms with Gasteiger partial charge in [-0.25, -0.2) is 9.97 Å². The summed E-state index contributed by atoms with van der Waals surface area (Å²) >= 11 is 0. The molecule has 0 aliphatic carbocycles. The highest BCUT2D eigenvalue weighted by Crippen LogP contribution is 2.23. The Morgan fingerprint density at radius 3 is 3.17 bits per heavy atom. The van der Waals surface area contributed by atoms with Crippen LogP contribution in [0.15, 0.2) is 16.9 Å². The lowest BCUT2D eigenvalue weighted by molar-refractivity contribution is -0.0185. The highest BCUT2D eigenvalue weighted by Gasteiger charge is 2.27. The van der Waals surface area contributed by atoms with Gasteiger partial charge in [0.2, 0.25) is 0 Å². The van der Waals surface area contributed by atoms with Crippen LogP contribution in [0.4, 0.5) is 0 Å². The second-order valence-corrected chi connectivity index (χ2v) is 4.28. The van der Waals surface area contributed by atoms with E-state index in [2.05, 4.69) is 25.1 Å². The van der Waals surface area contributed by atoms with Crippen molar-refractivity contribution in [1.29, 1.82) is 0 Å². The molecule has 1 atom stereocenters. The molecule has 1 saturated heterocycles. The minimum Gasteiger partial charge on any atom is -0.445 e. The Kier molecular flexibility index (Phi) is 3.07. The Bertz CT molecular complexity index is 495. The minimum absolute atomic E-state index is 0.0895. The molecule has 0 radical (unpaired) electrons. The first-order chi connectivity index (χ1) is 8.83. The molecule has 3 heterocycles. The number of hydrogen-bond acceptors (Lipinski definition) is 6. The van der Waals surface area contributed by atoms with Gasteiger partial charge in [0.05, 0.1) is 32.0 Å². The summed E-state index contributed by atoms with van der Waals surface area (Å²) in [6.07, 6.45) is 3.28. The van der Waals surface area contributed by atoms with Gasteiger partial charge in [-0.2, -0.15) is 5.10 Å². The summed E-state index contributed by atoms with van der Waals surface area (Å²) < 4.78 is 11.0. The van der Waals surface area contributed by atoms with Crippen LogP contribution < -0.4 is 0 Å². The molecule has 96 valence electrons. The Balaban J connectivity index is 1.76. The average molecular weight is 249 g/mol. The fraction of sp³-hybridized carbons (Fsp3) is 0.545. The molecule has 18 heavy (non-hydrogen) atoms. The summed E-state index contributed by atoms with van der Waals surface area (Å²) in [5.74, 6) is 2.37. The Labute approximate surface area is 104 Å². The molecule has 3 rings (SSSR count). The van der Waals surface area contributed by atoms with Crippen LogP contribution in [0.5, 0.6) is 0 Å². The van der Waals surface area contributed by atoms with Gasteiger partial charge in [-0.1, -0.05) is 0 Å². The van der Waals surface area contributed by atoms with Crippen LogP contribution >= 0.6 is 0 Å². The molecule has 1 fully saturated rings. The molecule has 0 saturated carbocycles. The van der Waals surface area contributed by atoms with Gasteiger partial charge in [0.15, 0.2) is 5.89 Å². The summed E-state index contributed by atoms with van der Waals surface area (Å²) in [5.41, 5.74) is 0. The van der Waals surface area contributed by atoms with Crippen LogP contribution in [0.1, 0.15) is 23.5 Å². The van der Waals surface area contributed by atoms with E-state index in [0.29, 0.717) is 19.0 Å². The zero-order valence-electron chi connectivity index (χ0n) is 10.2. The van der Waals surface area contributed by atoms with Gasteiger partial charge in [-0.15, -0.1) is 0 Å². The van der Waals surface area contributed by atoms with Crippen molar-refractivity contribution in [2.45, 2.75) is 19.5 Å². The van der Waals surface area contributed by atoms with Gasteiger partial charge in [0.25, 0.3) is 0 Å². The number of rotatable bonds is 3. The van der Waals surface area contributed by atoms with E-state index >= 15 is 0 Å². The van der Waals surface area contributed by atoms with E-state index in [9.17, 15) is 0 Å². The Morgan fingerprint density at radius 1 is 1.50 bits per heavy atom. The SMILES string of the molecule is Cc1ncc(CN2CCOCC2c2ncn[nH]2)o1. The zero-order chi connectivity index (χ0) is 12.4. The molecular formula is C11H15N5O2. The molecule has 2 aromatic rings. The van der Waals surface area contributed by atoms with E-state index in [0.717, 1.165) is 24.7 Å². The first-order valence-corrected chi connectivity index (χ1v) is 5.91. The summed E-state index contributed by atoms with van der Waals surface area (Å²) in [7, 11) is 0. The van der Waals surface area contributed by atoms with Gasteiger partial charge in [-0.05, 0) is 0 Å². The van der Waals surface area contributed by atoms with E-state index in [-0.39, 0.29) is 6.04 Å². The van der Waals surface area contributed by atoms with Crippen molar-refractivity contribution in [2.75, 3.05) is 19.8 Å². The van der Waals surface area contributed by atoms with Crippen LogP contribution in [0, 0.1) is 6.92 Å². The molecule has 7 nitrogen and oxygen atoms in total. The quantitative estimate of drug-likeness (QED) is 0.861. The lowest BCUT2D eigenvalue weighted by Gasteiger charge is -2.33. The molecule has 1 aliphatic heterocycles. The van der Waals surface area contributed by atoms with Gasteiger partial charge >= 0.3 is 0 Å². The second-order valence-electron chi connectivity index (χ2n) is 4.28. The van der Waals surface area contributed by atoms with E-state index in [1.807, 2.05) is 6.92 Å². The third-order valence-corrected chi connectivity index (χ3v) is 3.02. The van der Waals surface area contributed by atoms with Crippen molar-refractivity contribution >= 4 is 0 Å². The number of hydrogen-bond donors (Lipinski definition) is 1. The fourth-order valence-electron chi connectivity index (χ4n) is 2.13. The van der Waals surface area contributed by atoms with Crippen molar-refractivity contribution in [3.05, 3.63) is 30.0 Å². The molecule has 0 aromatic carbocycles. The molecule has 0 spiro atoms. The smallest absolute Gasteiger partial charge is 0.191 e. The lowest BCUT2D eigenvalue weighted by Crippen LogP contribution is -2.39. The van der Waals surface area contributed by atoms with Crippen LogP contribution in [0.25, 0.3) is 0 Å². The summed E-state index contributed by atoms with van der Waals surface area (Å²) in [6, 6.07) is 0.0895. The molecular weight excluding hydrogens is 234 g/mol. The van der Waals surface area contributed by atoms with Crippen LogP contribution in [-0.4, -0.2) is 44.8 Å². The number of aromatic amines is 1. The average Bonchev–Trinajstić information content (AvgIpc) is 3.02. The highest BCUT2D eigenvalue weighted by atomic mass is 16.5. The molecule has 1 aliphatic rings. The van der Waals surface area contributed by atoms with E-state index < -0.39 is 0 Å². The molecule has 1 N–H and O–H groups in total. The number of nitrogens with one attached hydrogen (secondary N) is 1. The third kappa shape index (κ3) is 2.27. The van der Waals surface area contributed by atoms with E-state index in [4.69, 9.17) is 9.15 Å². The van der Waals surface area contributed by atoms with Crippen LogP contribution in [0.3, 0.4) is 0 Å². The second kappa shape index (κ2) is 4.87. The standard InChI is InChI=1S/C11H15N5O2/c1-8-12-4-9(18-8)5-16-2-3-17-6-10(16)11-13-7-14-15-11/h4,7,10H,2-3,5-6H2,1H3,(H,13,14,15). The summed E-state index contributed by atoms with van der Waals surface area (Å²) in [5, 5.41) is 6.79. The monoisotopic (exact) mass is 249 g/mol. The lowest BCUT2D eigenvalue weighted by atomic mass is 10.2. The fourth-order valence-corrected chi connectivity index (χ4v) is 2.13. The van der Waals surface area contributed by atoms with Crippen molar-refractivity contribution < 1.29 is 9.15 Å². The van der Waals surface area contributed by atoms with E-state index in [1.54, 1.807) is 6.20 Å². The number of ether oxygens (including phenoxy) is 1. The summed E-state index contributed by atoms with van der Waals surface area (Å²) in [4.78, 5) is 10.6. The normalized spacial score (nSPS) is 21.3. The molecule has 7 heteroatoms. The molecule has 2 aromatic heterocycles. The number of oxazole rings is 1. The molecule has 1 unspecified atom stereocenters. The van der Waals surface area contributed by atoms with Gasteiger partial charge in [0.1, 0.15) is 17.9 Å². The van der Waals surface area contributed by atoms with Crippen LogP contribution in [-0.2, 0) is 11.3 Å². The molecule has 0 bridgehead atoms. The zero-order valence-corrected chi connectivity index (χ0v) is 10.2. The Morgan fingerprint density at radius 2 is 2.44 bits per heavy atom.